The van der Waals surface area contributed by atoms with Crippen LogP contribution in [0.3, 0.4) is 0 Å². The van der Waals surface area contributed by atoms with Crippen molar-refractivity contribution in [1.29, 1.82) is 0 Å². The number of aromatic nitrogens is 2. The Kier molecular flexibility index (Phi) is 5.53. The number of hydrogen-bond acceptors (Lipinski definition) is 5. The number of rotatable bonds is 6. The Bertz CT molecular complexity index is 493. The molecule has 0 bridgehead atoms. The molecule has 2 aromatic rings. The maximum absolute atomic E-state index is 4.26. The van der Waals surface area contributed by atoms with Gasteiger partial charge in [-0.25, -0.2) is 0 Å². The molecule has 0 amide bonds. The minimum Gasteiger partial charge on any atom is -0.316 e. The third-order valence-electron chi connectivity index (χ3n) is 2.35. The summed E-state index contributed by atoms with van der Waals surface area (Å²) in [6.07, 6.45) is 0.964. The van der Waals surface area contributed by atoms with E-state index in [9.17, 15) is 0 Å². The summed E-state index contributed by atoms with van der Waals surface area (Å²) in [5, 5.41) is 16.2. The molecular formula is C12H16IN3S2. The molecule has 0 aliphatic heterocycles. The molecular weight excluding hydrogens is 377 g/mol. The van der Waals surface area contributed by atoms with Crippen molar-refractivity contribution < 1.29 is 0 Å². The minimum atomic E-state index is 0.697. The fraction of sp³-hybridized carbons (Fsp3) is 0.500. The van der Waals surface area contributed by atoms with Gasteiger partial charge >= 0.3 is 0 Å². The first kappa shape index (κ1) is 14.4. The van der Waals surface area contributed by atoms with Crippen molar-refractivity contribution in [1.82, 2.24) is 15.5 Å². The maximum Gasteiger partial charge on any atom is 0.148 e. The molecule has 0 fully saturated rings. The summed E-state index contributed by atoms with van der Waals surface area (Å²) in [6.45, 7) is 6.48. The molecule has 2 rings (SSSR count). The van der Waals surface area contributed by atoms with Gasteiger partial charge in [0.2, 0.25) is 0 Å². The third kappa shape index (κ3) is 4.25. The summed E-state index contributed by atoms with van der Waals surface area (Å²) < 4.78 is 1.29. The Balaban J connectivity index is 1.86. The number of thiophene rings is 1. The number of nitrogens with one attached hydrogen (secondary N) is 1. The second kappa shape index (κ2) is 6.93. The predicted octanol–water partition coefficient (Wildman–Crippen LogP) is 3.66. The highest BCUT2D eigenvalue weighted by Gasteiger charge is 2.08. The number of nitrogens with zero attached hydrogens (tertiary/aromatic N) is 2. The smallest absolute Gasteiger partial charge is 0.148 e. The molecule has 0 saturated carbocycles. The van der Waals surface area contributed by atoms with E-state index < -0.39 is 0 Å². The monoisotopic (exact) mass is 393 g/mol. The zero-order valence-corrected chi connectivity index (χ0v) is 14.2. The number of hydrogen-bond donors (Lipinski definition) is 1. The van der Waals surface area contributed by atoms with Crippen LogP contribution in [0.5, 0.6) is 0 Å². The zero-order chi connectivity index (χ0) is 13.0. The quantitative estimate of drug-likeness (QED) is 0.601. The van der Waals surface area contributed by atoms with Gasteiger partial charge < -0.3 is 5.32 Å². The average Bonchev–Trinajstić information content (AvgIpc) is 2.93. The molecule has 2 heterocycles. The Morgan fingerprint density at radius 2 is 2.22 bits per heavy atom. The van der Waals surface area contributed by atoms with E-state index >= 15 is 0 Å². The second-order valence-corrected chi connectivity index (χ2v) is 8.36. The molecule has 0 atom stereocenters. The van der Waals surface area contributed by atoms with Crippen LogP contribution >= 0.6 is 45.3 Å². The highest BCUT2D eigenvalue weighted by Crippen LogP contribution is 2.28. The highest BCUT2D eigenvalue weighted by atomic mass is 127. The van der Waals surface area contributed by atoms with Crippen LogP contribution < -0.4 is 5.32 Å². The normalized spacial score (nSPS) is 11.3. The molecule has 0 unspecified atom stereocenters. The van der Waals surface area contributed by atoms with Crippen LogP contribution in [0.15, 0.2) is 11.4 Å². The lowest BCUT2D eigenvalue weighted by molar-refractivity contribution is 0.553. The Morgan fingerprint density at radius 1 is 1.39 bits per heavy atom. The summed E-state index contributed by atoms with van der Waals surface area (Å²) in [5.74, 6) is 0.697. The molecule has 1 N–H and O–H groups in total. The summed E-state index contributed by atoms with van der Waals surface area (Å²) in [6, 6.07) is 2.16. The molecule has 0 radical (unpaired) electrons. The van der Waals surface area contributed by atoms with Gasteiger partial charge in [-0.1, -0.05) is 25.2 Å². The minimum absolute atomic E-state index is 0.697. The molecule has 0 aromatic carbocycles. The lowest BCUT2D eigenvalue weighted by Gasteiger charge is -2.04. The molecule has 0 saturated heterocycles. The van der Waals surface area contributed by atoms with Crippen molar-refractivity contribution in [3.05, 3.63) is 19.3 Å². The van der Waals surface area contributed by atoms with Gasteiger partial charge in [-0.05, 0) is 41.1 Å². The van der Waals surface area contributed by atoms with E-state index in [2.05, 4.69) is 63.4 Å². The van der Waals surface area contributed by atoms with Crippen molar-refractivity contribution in [3.8, 4) is 10.6 Å². The van der Waals surface area contributed by atoms with E-state index in [1.54, 1.807) is 22.7 Å². The molecule has 0 spiro atoms. The van der Waals surface area contributed by atoms with Crippen LogP contribution in [0.25, 0.3) is 10.6 Å². The summed E-state index contributed by atoms with van der Waals surface area (Å²) >= 11 is 5.78. The van der Waals surface area contributed by atoms with Crippen molar-refractivity contribution >= 4 is 45.3 Å². The van der Waals surface area contributed by atoms with Crippen molar-refractivity contribution in [2.24, 2.45) is 5.92 Å². The summed E-state index contributed by atoms with van der Waals surface area (Å²) in [7, 11) is 0. The molecule has 0 aliphatic rings. The van der Waals surface area contributed by atoms with E-state index in [1.165, 1.54) is 8.45 Å². The van der Waals surface area contributed by atoms with Gasteiger partial charge in [-0.3, -0.25) is 0 Å². The van der Waals surface area contributed by atoms with Gasteiger partial charge in [0.15, 0.2) is 0 Å². The van der Waals surface area contributed by atoms with Crippen molar-refractivity contribution in [3.63, 3.8) is 0 Å². The van der Waals surface area contributed by atoms with Crippen LogP contribution in [0.4, 0.5) is 0 Å². The largest absolute Gasteiger partial charge is 0.316 e. The van der Waals surface area contributed by atoms with Gasteiger partial charge in [0.1, 0.15) is 10.0 Å². The van der Waals surface area contributed by atoms with Crippen molar-refractivity contribution in [2.45, 2.75) is 20.3 Å². The van der Waals surface area contributed by atoms with Gasteiger partial charge in [0.05, 0.1) is 2.88 Å². The molecule has 18 heavy (non-hydrogen) atoms. The Labute approximate surface area is 129 Å². The van der Waals surface area contributed by atoms with E-state index in [-0.39, 0.29) is 0 Å². The van der Waals surface area contributed by atoms with E-state index in [0.29, 0.717) is 5.92 Å². The van der Waals surface area contributed by atoms with Gasteiger partial charge in [-0.15, -0.1) is 21.5 Å². The third-order valence-corrected chi connectivity index (χ3v) is 5.17. The predicted molar refractivity (Wildman–Crippen MR) is 87.4 cm³/mol. The van der Waals surface area contributed by atoms with Crippen LogP contribution in [-0.4, -0.2) is 23.3 Å². The van der Waals surface area contributed by atoms with E-state index in [4.69, 9.17) is 0 Å². The first-order valence-electron chi connectivity index (χ1n) is 5.92. The van der Waals surface area contributed by atoms with E-state index in [1.807, 2.05) is 0 Å². The van der Waals surface area contributed by atoms with Crippen molar-refractivity contribution in [2.75, 3.05) is 13.1 Å². The van der Waals surface area contributed by atoms with Crippen LogP contribution in [0.2, 0.25) is 0 Å². The molecule has 98 valence electrons. The first-order chi connectivity index (χ1) is 8.65. The fourth-order valence-corrected chi connectivity index (χ4v) is 3.71. The standard InChI is InChI=1S/C12H16IN3S2/c1-8(2)6-14-4-3-11-15-16-12(18-11)9-5-10(13)17-7-9/h5,7-8,14H,3-4,6H2,1-2H3. The van der Waals surface area contributed by atoms with Gasteiger partial charge in [-0.2, -0.15) is 0 Å². The van der Waals surface area contributed by atoms with Crippen LogP contribution in [-0.2, 0) is 6.42 Å². The molecule has 0 aliphatic carbocycles. The first-order valence-corrected chi connectivity index (χ1v) is 8.70. The lowest BCUT2D eigenvalue weighted by Crippen LogP contribution is -2.22. The molecule has 2 aromatic heterocycles. The topological polar surface area (TPSA) is 37.8 Å². The van der Waals surface area contributed by atoms with Crippen LogP contribution in [0.1, 0.15) is 18.9 Å². The molecule has 6 heteroatoms. The maximum atomic E-state index is 4.26. The van der Waals surface area contributed by atoms with E-state index in [0.717, 1.165) is 29.5 Å². The molecule has 3 nitrogen and oxygen atoms in total. The Morgan fingerprint density at radius 3 is 2.89 bits per heavy atom. The number of halogens is 1. The zero-order valence-electron chi connectivity index (χ0n) is 10.4. The van der Waals surface area contributed by atoms with Crippen LogP contribution in [0, 0.1) is 8.80 Å². The lowest BCUT2D eigenvalue weighted by atomic mass is 10.2. The fourth-order valence-electron chi connectivity index (χ4n) is 1.48. The highest BCUT2D eigenvalue weighted by molar-refractivity contribution is 14.1. The van der Waals surface area contributed by atoms with Gasteiger partial charge in [0, 0.05) is 23.9 Å². The van der Waals surface area contributed by atoms with Gasteiger partial charge in [0.25, 0.3) is 0 Å². The average molecular weight is 393 g/mol. The SMILES string of the molecule is CC(C)CNCCc1nnc(-c2csc(I)c2)s1. The second-order valence-electron chi connectivity index (χ2n) is 4.49. The summed E-state index contributed by atoms with van der Waals surface area (Å²) in [5.41, 5.74) is 1.20. The Hall–Kier alpha value is -0.0500. The summed E-state index contributed by atoms with van der Waals surface area (Å²) in [4.78, 5) is 0.